The molecule has 0 radical (unpaired) electrons. The number of ketones is 1. The van der Waals surface area contributed by atoms with E-state index in [1.807, 2.05) is 13.8 Å². The molecule has 152 valence electrons. The molecule has 0 aromatic heterocycles. The lowest BCUT2D eigenvalue weighted by molar-refractivity contribution is -0.127. The summed E-state index contributed by atoms with van der Waals surface area (Å²) in [4.78, 5) is 38.9. The molecule has 1 aliphatic rings. The van der Waals surface area contributed by atoms with Crippen LogP contribution in [0.5, 0.6) is 11.5 Å². The third-order valence-electron chi connectivity index (χ3n) is 4.69. The highest BCUT2D eigenvalue weighted by atomic mass is 16.5. The summed E-state index contributed by atoms with van der Waals surface area (Å²) < 4.78 is 5.63. The van der Waals surface area contributed by atoms with Gasteiger partial charge in [0.15, 0.2) is 11.9 Å². The van der Waals surface area contributed by atoms with Gasteiger partial charge >= 0.3 is 0 Å². The molecule has 0 aliphatic carbocycles. The molecule has 7 nitrogen and oxygen atoms in total. The summed E-state index contributed by atoms with van der Waals surface area (Å²) in [5.41, 5.74) is 2.01. The van der Waals surface area contributed by atoms with Crippen molar-refractivity contribution in [2.75, 3.05) is 16.8 Å². The first-order valence-corrected chi connectivity index (χ1v) is 9.55. The van der Waals surface area contributed by atoms with Crippen molar-refractivity contribution in [3.8, 4) is 11.5 Å². The van der Waals surface area contributed by atoms with Crippen LogP contribution in [0.15, 0.2) is 36.4 Å². The second-order valence-corrected chi connectivity index (χ2v) is 7.11. The zero-order valence-corrected chi connectivity index (χ0v) is 16.7. The maximum absolute atomic E-state index is 12.7. The predicted octanol–water partition coefficient (Wildman–Crippen LogP) is 3.44. The molecule has 0 fully saturated rings. The van der Waals surface area contributed by atoms with Crippen molar-refractivity contribution in [2.45, 2.75) is 39.7 Å². The minimum Gasteiger partial charge on any atom is -0.506 e. The van der Waals surface area contributed by atoms with Gasteiger partial charge in [0.05, 0.1) is 11.4 Å². The molecule has 1 heterocycles. The number of amides is 2. The van der Waals surface area contributed by atoms with Gasteiger partial charge in [-0.3, -0.25) is 19.3 Å². The van der Waals surface area contributed by atoms with Gasteiger partial charge in [-0.15, -0.1) is 0 Å². The van der Waals surface area contributed by atoms with E-state index in [0.29, 0.717) is 29.8 Å². The van der Waals surface area contributed by atoms with Crippen LogP contribution in [-0.2, 0) is 9.59 Å². The molecule has 1 aliphatic heterocycles. The van der Waals surface area contributed by atoms with E-state index in [2.05, 4.69) is 5.32 Å². The summed E-state index contributed by atoms with van der Waals surface area (Å²) in [7, 11) is 0. The molecule has 0 saturated heterocycles. The number of fused-ring (bicyclic) bond motifs is 1. The molecule has 2 N–H and O–H groups in total. The number of benzene rings is 2. The van der Waals surface area contributed by atoms with Crippen molar-refractivity contribution in [3.05, 3.63) is 47.5 Å². The van der Waals surface area contributed by atoms with Crippen LogP contribution < -0.4 is 15.0 Å². The van der Waals surface area contributed by atoms with Crippen LogP contribution in [-0.4, -0.2) is 35.4 Å². The van der Waals surface area contributed by atoms with Gasteiger partial charge in [0, 0.05) is 12.0 Å². The number of rotatable bonds is 6. The van der Waals surface area contributed by atoms with Gasteiger partial charge in [-0.05, 0) is 56.2 Å². The molecule has 29 heavy (non-hydrogen) atoms. The lowest BCUT2D eigenvalue weighted by Gasteiger charge is -2.32. The molecule has 1 unspecified atom stereocenters. The maximum atomic E-state index is 12.7. The molecular weight excluding hydrogens is 372 g/mol. The number of hydrogen-bond donors (Lipinski definition) is 2. The van der Waals surface area contributed by atoms with Crippen LogP contribution in [0.25, 0.3) is 0 Å². The highest BCUT2D eigenvalue weighted by Gasteiger charge is 2.33. The van der Waals surface area contributed by atoms with Crippen molar-refractivity contribution in [1.82, 2.24) is 0 Å². The summed E-state index contributed by atoms with van der Waals surface area (Å²) in [5, 5.41) is 12.6. The number of phenolic OH excluding ortho intramolecular Hbond substituents is 1. The summed E-state index contributed by atoms with van der Waals surface area (Å²) in [6.07, 6.45) is 0.367. The van der Waals surface area contributed by atoms with E-state index in [4.69, 9.17) is 4.74 Å². The summed E-state index contributed by atoms with van der Waals surface area (Å²) in [5.74, 6) is -0.490. The van der Waals surface area contributed by atoms with Crippen LogP contribution in [0, 0.1) is 6.92 Å². The van der Waals surface area contributed by atoms with Crippen molar-refractivity contribution in [3.63, 3.8) is 0 Å². The fraction of sp³-hybridized carbons (Fsp3) is 0.318. The van der Waals surface area contributed by atoms with Crippen molar-refractivity contribution >= 4 is 29.0 Å². The zero-order valence-electron chi connectivity index (χ0n) is 16.7. The van der Waals surface area contributed by atoms with E-state index in [1.54, 1.807) is 37.3 Å². The largest absolute Gasteiger partial charge is 0.506 e. The van der Waals surface area contributed by atoms with Crippen molar-refractivity contribution in [2.24, 2.45) is 0 Å². The van der Waals surface area contributed by atoms with E-state index in [1.165, 1.54) is 11.0 Å². The molecule has 2 aromatic carbocycles. The Morgan fingerprint density at radius 2 is 1.97 bits per heavy atom. The van der Waals surface area contributed by atoms with Gasteiger partial charge in [-0.25, -0.2) is 0 Å². The summed E-state index contributed by atoms with van der Waals surface area (Å²) in [6, 6.07) is 9.78. The van der Waals surface area contributed by atoms with Crippen LogP contribution in [0.1, 0.15) is 42.6 Å². The Hall–Kier alpha value is -3.35. The van der Waals surface area contributed by atoms with Gasteiger partial charge < -0.3 is 15.2 Å². The molecule has 1 atom stereocenters. The Labute approximate surface area is 169 Å². The van der Waals surface area contributed by atoms with Crippen LogP contribution in [0.3, 0.4) is 0 Å². The number of phenols is 1. The minimum absolute atomic E-state index is 0.0320. The number of anilines is 2. The first-order chi connectivity index (χ1) is 13.8. The Morgan fingerprint density at radius 3 is 2.69 bits per heavy atom. The fourth-order valence-electron chi connectivity index (χ4n) is 3.20. The molecule has 3 rings (SSSR count). The first kappa shape index (κ1) is 20.4. The number of carbonyl (C=O) groups excluding carboxylic acids is 3. The smallest absolute Gasteiger partial charge is 0.268 e. The summed E-state index contributed by atoms with van der Waals surface area (Å²) in [6.45, 7) is 5.10. The maximum Gasteiger partial charge on any atom is 0.268 e. The Balaban J connectivity index is 1.87. The van der Waals surface area contributed by atoms with E-state index in [9.17, 15) is 19.5 Å². The number of nitrogens with one attached hydrogen (secondary N) is 1. The quantitative estimate of drug-likeness (QED) is 0.576. The number of carbonyl (C=O) groups is 3. The predicted molar refractivity (Wildman–Crippen MR) is 110 cm³/mol. The van der Waals surface area contributed by atoms with Gasteiger partial charge in [0.25, 0.3) is 5.91 Å². The monoisotopic (exact) mass is 396 g/mol. The molecule has 0 spiro atoms. The van der Waals surface area contributed by atoms with Crippen molar-refractivity contribution in [1.29, 1.82) is 0 Å². The fourth-order valence-corrected chi connectivity index (χ4v) is 3.20. The van der Waals surface area contributed by atoms with Crippen LogP contribution in [0.2, 0.25) is 0 Å². The van der Waals surface area contributed by atoms with Gasteiger partial charge in [0.2, 0.25) is 5.91 Å². The molecule has 0 bridgehead atoms. The summed E-state index contributed by atoms with van der Waals surface area (Å²) >= 11 is 0. The third-order valence-corrected chi connectivity index (χ3v) is 4.69. The van der Waals surface area contributed by atoms with Gasteiger partial charge in [0.1, 0.15) is 18.0 Å². The SMILES string of the molecule is CCCC(=O)c1ccc2c(c1)N(CC(=O)Nc1cc(C)ccc1O)C(=O)C(C)O2. The minimum atomic E-state index is -0.750. The number of nitrogens with zero attached hydrogens (tertiary/aromatic N) is 1. The first-order valence-electron chi connectivity index (χ1n) is 9.55. The number of hydrogen-bond acceptors (Lipinski definition) is 5. The number of ether oxygens (including phenoxy) is 1. The molecule has 0 saturated carbocycles. The van der Waals surface area contributed by atoms with Crippen molar-refractivity contribution < 1.29 is 24.2 Å². The lowest BCUT2D eigenvalue weighted by atomic mass is 10.0. The zero-order chi connectivity index (χ0) is 21.1. The van der Waals surface area contributed by atoms with Gasteiger partial charge in [-0.1, -0.05) is 13.0 Å². The van der Waals surface area contributed by atoms with E-state index in [0.717, 1.165) is 5.56 Å². The molecule has 7 heteroatoms. The highest BCUT2D eigenvalue weighted by Crippen LogP contribution is 2.35. The molecule has 2 amide bonds. The topological polar surface area (TPSA) is 95.9 Å². The van der Waals surface area contributed by atoms with E-state index < -0.39 is 12.0 Å². The number of aryl methyl sites for hydroxylation is 1. The van der Waals surface area contributed by atoms with Crippen LogP contribution >= 0.6 is 0 Å². The van der Waals surface area contributed by atoms with E-state index >= 15 is 0 Å². The Kier molecular flexibility index (Phi) is 5.87. The Bertz CT molecular complexity index is 970. The highest BCUT2D eigenvalue weighted by molar-refractivity contribution is 6.07. The normalized spacial score (nSPS) is 15.5. The average molecular weight is 396 g/mol. The average Bonchev–Trinajstić information content (AvgIpc) is 2.68. The standard InChI is InChI=1S/C22H24N2O5/c1-4-5-18(25)15-7-9-20-17(11-15)24(22(28)14(3)29-20)12-21(27)23-16-10-13(2)6-8-19(16)26/h6-11,14,26H,4-5,12H2,1-3H3,(H,23,27). The third kappa shape index (κ3) is 4.39. The number of aromatic hydroxyl groups is 1. The lowest BCUT2D eigenvalue weighted by Crippen LogP contribution is -2.47. The Morgan fingerprint density at radius 1 is 1.21 bits per heavy atom. The van der Waals surface area contributed by atoms with Gasteiger partial charge in [-0.2, -0.15) is 0 Å². The van der Waals surface area contributed by atoms with Crippen LogP contribution in [0.4, 0.5) is 11.4 Å². The molecule has 2 aromatic rings. The second-order valence-electron chi connectivity index (χ2n) is 7.11. The second kappa shape index (κ2) is 8.34. The number of Topliss-reactive ketones (excluding diaryl/α,β-unsaturated/α-hetero) is 1. The molecular formula is C22H24N2O5. The van der Waals surface area contributed by atoms with E-state index in [-0.39, 0.29) is 29.7 Å².